The molecule has 0 radical (unpaired) electrons. The number of hydrogen-bond acceptors (Lipinski definition) is 2. The van der Waals surface area contributed by atoms with E-state index in [1.807, 2.05) is 24.3 Å². The number of rotatable bonds is 5. The smallest absolute Gasteiger partial charge is 0.153 e. The first-order valence-electron chi connectivity index (χ1n) is 8.72. The summed E-state index contributed by atoms with van der Waals surface area (Å²) in [4.78, 5) is 10.9. The maximum absolute atomic E-state index is 14.2. The third kappa shape index (κ3) is 3.66. The fraction of sp³-hybridized carbons (Fsp3) is 0.381. The summed E-state index contributed by atoms with van der Waals surface area (Å²) in [6.45, 7) is 2.25. The number of halogens is 1. The van der Waals surface area contributed by atoms with E-state index in [2.05, 4.69) is 6.92 Å². The zero-order chi connectivity index (χ0) is 16.9. The molecule has 2 aromatic carbocycles. The number of carbonyl (C=O) groups is 1. The molecule has 1 fully saturated rings. The second-order valence-electron chi connectivity index (χ2n) is 6.52. The van der Waals surface area contributed by atoms with Crippen molar-refractivity contribution in [3.63, 3.8) is 0 Å². The van der Waals surface area contributed by atoms with Crippen molar-refractivity contribution in [3.05, 3.63) is 53.8 Å². The second kappa shape index (κ2) is 7.61. The molecule has 0 heterocycles. The number of aldehydes is 1. The van der Waals surface area contributed by atoms with Crippen molar-refractivity contribution in [2.24, 2.45) is 5.92 Å². The van der Waals surface area contributed by atoms with E-state index in [0.717, 1.165) is 30.1 Å². The van der Waals surface area contributed by atoms with Gasteiger partial charge in [0.15, 0.2) is 6.29 Å². The molecule has 24 heavy (non-hydrogen) atoms. The SMILES string of the molecule is CC[C@H]1CC[C@H](Oc2ccc(-c3cccc(C=O)c3F)cc2)CC1. The van der Waals surface area contributed by atoms with Gasteiger partial charge >= 0.3 is 0 Å². The molecule has 2 aromatic rings. The molecule has 1 aliphatic rings. The van der Waals surface area contributed by atoms with E-state index in [-0.39, 0.29) is 11.7 Å². The van der Waals surface area contributed by atoms with Gasteiger partial charge in [-0.1, -0.05) is 37.6 Å². The van der Waals surface area contributed by atoms with Gasteiger partial charge in [-0.25, -0.2) is 4.39 Å². The summed E-state index contributed by atoms with van der Waals surface area (Å²) in [6, 6.07) is 12.3. The van der Waals surface area contributed by atoms with E-state index >= 15 is 0 Å². The van der Waals surface area contributed by atoms with E-state index in [1.54, 1.807) is 12.1 Å². The normalized spacial score (nSPS) is 20.6. The largest absolute Gasteiger partial charge is 0.490 e. The fourth-order valence-corrected chi connectivity index (χ4v) is 3.43. The van der Waals surface area contributed by atoms with Crippen LogP contribution in [0.15, 0.2) is 42.5 Å². The van der Waals surface area contributed by atoms with Crippen LogP contribution in [0.5, 0.6) is 5.75 Å². The van der Waals surface area contributed by atoms with Gasteiger partial charge in [-0.15, -0.1) is 0 Å². The Balaban J connectivity index is 1.69. The van der Waals surface area contributed by atoms with Crippen molar-refractivity contribution in [1.29, 1.82) is 0 Å². The van der Waals surface area contributed by atoms with Crippen LogP contribution in [0.3, 0.4) is 0 Å². The van der Waals surface area contributed by atoms with Crippen LogP contribution < -0.4 is 4.74 Å². The highest BCUT2D eigenvalue weighted by atomic mass is 19.1. The first-order chi connectivity index (χ1) is 11.7. The zero-order valence-corrected chi connectivity index (χ0v) is 14.0. The van der Waals surface area contributed by atoms with E-state index in [4.69, 9.17) is 4.74 Å². The molecule has 0 unspecified atom stereocenters. The summed E-state index contributed by atoms with van der Waals surface area (Å²) in [5.41, 5.74) is 1.27. The molecule has 1 aliphatic carbocycles. The summed E-state index contributed by atoms with van der Waals surface area (Å²) >= 11 is 0. The van der Waals surface area contributed by atoms with Crippen molar-refractivity contribution >= 4 is 6.29 Å². The fourth-order valence-electron chi connectivity index (χ4n) is 3.43. The van der Waals surface area contributed by atoms with Crippen LogP contribution in [-0.4, -0.2) is 12.4 Å². The minimum Gasteiger partial charge on any atom is -0.490 e. The Morgan fingerprint density at radius 1 is 1.08 bits per heavy atom. The highest BCUT2D eigenvalue weighted by Crippen LogP contribution is 2.31. The van der Waals surface area contributed by atoms with E-state index in [0.29, 0.717) is 11.8 Å². The molecular formula is C21H23FO2. The lowest BCUT2D eigenvalue weighted by Crippen LogP contribution is -2.23. The minimum absolute atomic E-state index is 0.0838. The molecular weight excluding hydrogens is 303 g/mol. The van der Waals surface area contributed by atoms with Gasteiger partial charge in [0.1, 0.15) is 11.6 Å². The molecule has 0 saturated heterocycles. The summed E-state index contributed by atoms with van der Waals surface area (Å²) < 4.78 is 20.3. The number of hydrogen-bond donors (Lipinski definition) is 0. The van der Waals surface area contributed by atoms with Crippen LogP contribution in [0.4, 0.5) is 4.39 Å². The summed E-state index contributed by atoms with van der Waals surface area (Å²) in [6.07, 6.45) is 6.78. The zero-order valence-electron chi connectivity index (χ0n) is 14.0. The van der Waals surface area contributed by atoms with Gasteiger partial charge in [-0.05, 0) is 55.4 Å². The maximum atomic E-state index is 14.2. The maximum Gasteiger partial charge on any atom is 0.153 e. The van der Waals surface area contributed by atoms with Gasteiger partial charge in [-0.2, -0.15) is 0 Å². The molecule has 1 saturated carbocycles. The molecule has 0 spiro atoms. The third-order valence-electron chi connectivity index (χ3n) is 4.99. The second-order valence-corrected chi connectivity index (χ2v) is 6.52. The molecule has 126 valence electrons. The standard InChI is InChI=1S/C21H23FO2/c1-2-15-6-10-18(11-7-15)24-19-12-8-16(9-13-19)20-5-3-4-17(14-23)21(20)22/h3-5,8-9,12-15,18H,2,6-7,10-11H2,1H3/t15-,18-. The van der Waals surface area contributed by atoms with Crippen molar-refractivity contribution in [2.45, 2.75) is 45.1 Å². The highest BCUT2D eigenvalue weighted by molar-refractivity contribution is 5.79. The third-order valence-corrected chi connectivity index (χ3v) is 4.99. The van der Waals surface area contributed by atoms with Crippen molar-refractivity contribution < 1.29 is 13.9 Å². The first-order valence-corrected chi connectivity index (χ1v) is 8.72. The van der Waals surface area contributed by atoms with Crippen LogP contribution in [0.1, 0.15) is 49.4 Å². The summed E-state index contributed by atoms with van der Waals surface area (Å²) in [7, 11) is 0. The average Bonchev–Trinajstić information content (AvgIpc) is 2.63. The van der Waals surface area contributed by atoms with Gasteiger partial charge in [-0.3, -0.25) is 4.79 Å². The van der Waals surface area contributed by atoms with E-state index < -0.39 is 5.82 Å². The topological polar surface area (TPSA) is 26.3 Å². The Hall–Kier alpha value is -2.16. The Bertz CT molecular complexity index is 685. The van der Waals surface area contributed by atoms with E-state index in [1.165, 1.54) is 25.3 Å². The molecule has 0 atom stereocenters. The van der Waals surface area contributed by atoms with Crippen LogP contribution in [0.2, 0.25) is 0 Å². The highest BCUT2D eigenvalue weighted by Gasteiger charge is 2.21. The molecule has 0 amide bonds. The lowest BCUT2D eigenvalue weighted by atomic mass is 9.86. The predicted octanol–water partition coefficient (Wildman–Crippen LogP) is 5.65. The van der Waals surface area contributed by atoms with Crippen molar-refractivity contribution in [2.75, 3.05) is 0 Å². The molecule has 0 N–H and O–H groups in total. The van der Waals surface area contributed by atoms with E-state index in [9.17, 15) is 9.18 Å². The monoisotopic (exact) mass is 326 g/mol. The summed E-state index contributed by atoms with van der Waals surface area (Å²) in [5.74, 6) is 1.20. The molecule has 0 bridgehead atoms. The molecule has 0 aromatic heterocycles. The van der Waals surface area contributed by atoms with Gasteiger partial charge in [0.2, 0.25) is 0 Å². The predicted molar refractivity (Wildman–Crippen MR) is 93.9 cm³/mol. The van der Waals surface area contributed by atoms with Gasteiger partial charge in [0, 0.05) is 5.56 Å². The number of ether oxygens (including phenoxy) is 1. The Kier molecular flexibility index (Phi) is 5.29. The summed E-state index contributed by atoms with van der Waals surface area (Å²) in [5, 5.41) is 0. The molecule has 2 nitrogen and oxygen atoms in total. The first kappa shape index (κ1) is 16.7. The molecule has 3 rings (SSSR count). The molecule has 0 aliphatic heterocycles. The average molecular weight is 326 g/mol. The Labute approximate surface area is 142 Å². The Morgan fingerprint density at radius 3 is 2.42 bits per heavy atom. The quantitative estimate of drug-likeness (QED) is 0.663. The van der Waals surface area contributed by atoms with Gasteiger partial charge in [0.25, 0.3) is 0 Å². The Morgan fingerprint density at radius 2 is 1.79 bits per heavy atom. The lowest BCUT2D eigenvalue weighted by Gasteiger charge is -2.28. The van der Waals surface area contributed by atoms with Gasteiger partial charge in [0.05, 0.1) is 11.7 Å². The van der Waals surface area contributed by atoms with Crippen LogP contribution in [0, 0.1) is 11.7 Å². The lowest BCUT2D eigenvalue weighted by molar-refractivity contribution is 0.112. The number of carbonyl (C=O) groups excluding carboxylic acids is 1. The number of benzene rings is 2. The van der Waals surface area contributed by atoms with Crippen molar-refractivity contribution in [1.82, 2.24) is 0 Å². The van der Waals surface area contributed by atoms with Crippen molar-refractivity contribution in [3.8, 4) is 16.9 Å². The van der Waals surface area contributed by atoms with Gasteiger partial charge < -0.3 is 4.74 Å². The van der Waals surface area contributed by atoms with Crippen LogP contribution in [0.25, 0.3) is 11.1 Å². The van der Waals surface area contributed by atoms with Crippen LogP contribution >= 0.6 is 0 Å². The molecule has 3 heteroatoms. The van der Waals surface area contributed by atoms with Crippen LogP contribution in [-0.2, 0) is 0 Å². The minimum atomic E-state index is -0.473.